The number of primary amides is 1. The zero-order chi connectivity index (χ0) is 15.1. The van der Waals surface area contributed by atoms with E-state index in [1.54, 1.807) is 19.9 Å². The van der Waals surface area contributed by atoms with Crippen molar-refractivity contribution in [3.8, 4) is 0 Å². The van der Waals surface area contributed by atoms with Crippen LogP contribution in [0, 0.1) is 5.41 Å². The van der Waals surface area contributed by atoms with Crippen LogP contribution in [0.5, 0.6) is 0 Å². The molecule has 0 aliphatic rings. The molecule has 0 spiro atoms. The zero-order valence-corrected chi connectivity index (χ0v) is 13.2. The van der Waals surface area contributed by atoms with Crippen LogP contribution in [-0.4, -0.2) is 15.5 Å². The van der Waals surface area contributed by atoms with E-state index >= 15 is 0 Å². The number of aromatic nitrogens is 2. The maximum atomic E-state index is 11.6. The van der Waals surface area contributed by atoms with Gasteiger partial charge in [-0.25, -0.2) is 4.98 Å². The summed E-state index contributed by atoms with van der Waals surface area (Å²) in [6.07, 6.45) is 0. The van der Waals surface area contributed by atoms with Crippen LogP contribution in [0.25, 0.3) is 11.0 Å². The molecular weight excluding hydrogens is 297 g/mol. The Morgan fingerprint density at radius 1 is 1.50 bits per heavy atom. The number of fused-ring (bicyclic) bond motifs is 1. The third-order valence-electron chi connectivity index (χ3n) is 3.32. The van der Waals surface area contributed by atoms with E-state index in [0.29, 0.717) is 17.4 Å². The molecule has 1 aromatic carbocycles. The van der Waals surface area contributed by atoms with Crippen LogP contribution in [0.1, 0.15) is 32.0 Å². The van der Waals surface area contributed by atoms with Gasteiger partial charge in [-0.15, -0.1) is 11.6 Å². The van der Waals surface area contributed by atoms with Gasteiger partial charge in [-0.1, -0.05) is 17.7 Å². The Balaban J connectivity index is 2.66. The summed E-state index contributed by atoms with van der Waals surface area (Å²) >= 11 is 12.5. The Morgan fingerprint density at radius 3 is 2.70 bits per heavy atom. The Kier molecular flexibility index (Phi) is 3.98. The Labute approximate surface area is 127 Å². The summed E-state index contributed by atoms with van der Waals surface area (Å²) in [4.78, 5) is 16.1. The fraction of sp³-hybridized carbons (Fsp3) is 0.429. The van der Waals surface area contributed by atoms with Gasteiger partial charge in [0, 0.05) is 6.54 Å². The van der Waals surface area contributed by atoms with Crippen LogP contribution in [0.4, 0.5) is 0 Å². The number of nitrogens with two attached hydrogens (primary N) is 1. The molecule has 1 heterocycles. The van der Waals surface area contributed by atoms with Crippen molar-refractivity contribution in [2.75, 3.05) is 0 Å². The fourth-order valence-electron chi connectivity index (χ4n) is 2.10. The summed E-state index contributed by atoms with van der Waals surface area (Å²) in [7, 11) is 0. The van der Waals surface area contributed by atoms with Gasteiger partial charge < -0.3 is 10.3 Å². The minimum atomic E-state index is -0.715. The molecule has 0 bridgehead atoms. The number of amides is 1. The summed E-state index contributed by atoms with van der Waals surface area (Å²) in [6.45, 7) is 5.81. The Morgan fingerprint density at radius 2 is 2.15 bits per heavy atom. The largest absolute Gasteiger partial charge is 0.369 e. The van der Waals surface area contributed by atoms with Crippen molar-refractivity contribution in [3.63, 3.8) is 0 Å². The highest BCUT2D eigenvalue weighted by Gasteiger charge is 2.29. The number of carbonyl (C=O) groups excluding carboxylic acids is 1. The first-order valence-electron chi connectivity index (χ1n) is 6.32. The van der Waals surface area contributed by atoms with Crippen molar-refractivity contribution in [3.05, 3.63) is 29.0 Å². The molecule has 2 aromatic rings. The summed E-state index contributed by atoms with van der Waals surface area (Å²) in [5.41, 5.74) is 6.29. The standard InChI is InChI=1S/C14H17Cl2N3O/c1-8(15)12-18-10-6-4-5-9(16)11(10)19(12)7-14(2,3)13(17)20/h4-6,8H,7H2,1-3H3,(H2,17,20). The van der Waals surface area contributed by atoms with E-state index in [9.17, 15) is 4.79 Å². The molecule has 0 aliphatic heterocycles. The van der Waals surface area contributed by atoms with E-state index < -0.39 is 5.41 Å². The van der Waals surface area contributed by atoms with E-state index in [1.807, 2.05) is 23.6 Å². The van der Waals surface area contributed by atoms with E-state index in [4.69, 9.17) is 28.9 Å². The number of imidazole rings is 1. The summed E-state index contributed by atoms with van der Waals surface area (Å²) in [5, 5.41) is 0.293. The van der Waals surface area contributed by atoms with Crippen molar-refractivity contribution in [1.29, 1.82) is 0 Å². The minimum absolute atomic E-state index is 0.290. The van der Waals surface area contributed by atoms with Crippen LogP contribution < -0.4 is 5.73 Å². The van der Waals surface area contributed by atoms with Crippen LogP contribution in [0.15, 0.2) is 18.2 Å². The van der Waals surface area contributed by atoms with Crippen molar-refractivity contribution in [1.82, 2.24) is 9.55 Å². The maximum absolute atomic E-state index is 11.6. The molecule has 108 valence electrons. The van der Waals surface area contributed by atoms with Gasteiger partial charge in [0.05, 0.1) is 26.8 Å². The smallest absolute Gasteiger partial charge is 0.224 e. The second-order valence-corrected chi connectivity index (χ2v) is 6.59. The van der Waals surface area contributed by atoms with Gasteiger partial charge in [0.1, 0.15) is 5.82 Å². The molecule has 1 amide bonds. The molecule has 1 atom stereocenters. The average Bonchev–Trinajstić information content (AvgIpc) is 2.68. The predicted molar refractivity (Wildman–Crippen MR) is 82.0 cm³/mol. The molecule has 0 fully saturated rings. The first kappa shape index (κ1) is 15.1. The van der Waals surface area contributed by atoms with Crippen LogP contribution >= 0.6 is 23.2 Å². The first-order valence-corrected chi connectivity index (χ1v) is 7.14. The molecule has 20 heavy (non-hydrogen) atoms. The lowest BCUT2D eigenvalue weighted by Gasteiger charge is -2.23. The lowest BCUT2D eigenvalue weighted by Crippen LogP contribution is -2.35. The van der Waals surface area contributed by atoms with Crippen LogP contribution in [0.2, 0.25) is 5.02 Å². The highest BCUT2D eigenvalue weighted by atomic mass is 35.5. The van der Waals surface area contributed by atoms with Gasteiger partial charge >= 0.3 is 0 Å². The van der Waals surface area contributed by atoms with Gasteiger partial charge in [-0.05, 0) is 32.9 Å². The van der Waals surface area contributed by atoms with Gasteiger partial charge in [0.15, 0.2) is 0 Å². The molecule has 0 saturated carbocycles. The quantitative estimate of drug-likeness (QED) is 0.878. The molecule has 4 nitrogen and oxygen atoms in total. The topological polar surface area (TPSA) is 60.9 Å². The highest BCUT2D eigenvalue weighted by molar-refractivity contribution is 6.35. The molecule has 0 saturated heterocycles. The van der Waals surface area contributed by atoms with E-state index in [0.717, 1.165) is 11.0 Å². The van der Waals surface area contributed by atoms with Crippen molar-refractivity contribution >= 4 is 40.1 Å². The second kappa shape index (κ2) is 5.26. The SMILES string of the molecule is CC(Cl)c1nc2cccc(Cl)c2n1CC(C)(C)C(N)=O. The zero-order valence-electron chi connectivity index (χ0n) is 11.7. The third-order valence-corrected chi connectivity index (χ3v) is 3.82. The summed E-state index contributed by atoms with van der Waals surface area (Å²) in [6, 6.07) is 5.50. The summed E-state index contributed by atoms with van der Waals surface area (Å²) in [5.74, 6) is 0.309. The number of benzene rings is 1. The molecule has 2 N–H and O–H groups in total. The van der Waals surface area contributed by atoms with Crippen molar-refractivity contribution in [2.45, 2.75) is 32.7 Å². The number of rotatable bonds is 4. The maximum Gasteiger partial charge on any atom is 0.224 e. The Hall–Kier alpha value is -1.26. The number of halogens is 2. The number of nitrogens with zero attached hydrogens (tertiary/aromatic N) is 2. The molecule has 1 unspecified atom stereocenters. The predicted octanol–water partition coefficient (Wildman–Crippen LogP) is 3.50. The van der Waals surface area contributed by atoms with Crippen LogP contribution in [-0.2, 0) is 11.3 Å². The van der Waals surface area contributed by atoms with E-state index in [2.05, 4.69) is 4.98 Å². The number of hydrogen-bond donors (Lipinski definition) is 1. The average molecular weight is 314 g/mol. The number of hydrogen-bond acceptors (Lipinski definition) is 2. The van der Waals surface area contributed by atoms with Crippen molar-refractivity contribution in [2.24, 2.45) is 11.1 Å². The third kappa shape index (κ3) is 2.63. The summed E-state index contributed by atoms with van der Waals surface area (Å²) < 4.78 is 1.89. The normalized spacial score (nSPS) is 13.7. The fourth-order valence-corrected chi connectivity index (χ4v) is 2.53. The van der Waals surface area contributed by atoms with Crippen LogP contribution in [0.3, 0.4) is 0 Å². The van der Waals surface area contributed by atoms with E-state index in [-0.39, 0.29) is 11.3 Å². The monoisotopic (exact) mass is 313 g/mol. The lowest BCUT2D eigenvalue weighted by molar-refractivity contribution is -0.126. The van der Waals surface area contributed by atoms with E-state index in [1.165, 1.54) is 0 Å². The molecule has 0 aliphatic carbocycles. The van der Waals surface area contributed by atoms with Gasteiger partial charge in [-0.2, -0.15) is 0 Å². The molecule has 6 heteroatoms. The Bertz CT molecular complexity index is 662. The highest BCUT2D eigenvalue weighted by Crippen LogP contribution is 2.32. The van der Waals surface area contributed by atoms with Gasteiger partial charge in [0.2, 0.25) is 5.91 Å². The molecule has 1 aromatic heterocycles. The number of alkyl halides is 1. The minimum Gasteiger partial charge on any atom is -0.369 e. The van der Waals surface area contributed by atoms with Crippen molar-refractivity contribution < 1.29 is 4.79 Å². The van der Waals surface area contributed by atoms with Gasteiger partial charge in [-0.3, -0.25) is 4.79 Å². The number of para-hydroxylation sites is 1. The lowest BCUT2D eigenvalue weighted by atomic mass is 9.92. The van der Waals surface area contributed by atoms with Gasteiger partial charge in [0.25, 0.3) is 0 Å². The second-order valence-electron chi connectivity index (χ2n) is 5.53. The molecule has 0 radical (unpaired) electrons. The first-order chi connectivity index (χ1) is 9.24. The number of carbonyl (C=O) groups is 1. The molecular formula is C14H17Cl2N3O. The molecule has 2 rings (SSSR count).